The summed E-state index contributed by atoms with van der Waals surface area (Å²) in [6.07, 6.45) is 0.554. The molecule has 0 radical (unpaired) electrons. The molecule has 0 saturated carbocycles. The quantitative estimate of drug-likeness (QED) is 0.579. The number of halogens is 1. The van der Waals surface area contributed by atoms with Gasteiger partial charge in [0.25, 0.3) is 10.0 Å². The molecule has 4 rings (SSSR count). The zero-order valence-corrected chi connectivity index (χ0v) is 18.1. The summed E-state index contributed by atoms with van der Waals surface area (Å²) in [4.78, 5) is 12.7. The van der Waals surface area contributed by atoms with E-state index in [0.29, 0.717) is 22.1 Å². The van der Waals surface area contributed by atoms with Gasteiger partial charge in [0.05, 0.1) is 16.1 Å². The second-order valence-electron chi connectivity index (χ2n) is 6.57. The molecule has 0 amide bonds. The van der Waals surface area contributed by atoms with Crippen LogP contribution in [-0.4, -0.2) is 26.0 Å². The molecule has 1 aromatic heterocycles. The zero-order chi connectivity index (χ0) is 20.1. The van der Waals surface area contributed by atoms with Crippen LogP contribution in [0, 0.1) is 6.92 Å². The van der Waals surface area contributed by atoms with E-state index >= 15 is 0 Å². The normalized spacial score (nSPS) is 13.6. The van der Waals surface area contributed by atoms with E-state index < -0.39 is 16.0 Å². The summed E-state index contributed by atoms with van der Waals surface area (Å²) in [7, 11) is -3.79. The lowest BCUT2D eigenvalue weighted by atomic mass is 10.0. The number of carbonyl (C=O) groups is 1. The van der Waals surface area contributed by atoms with Crippen molar-refractivity contribution in [1.82, 2.24) is 0 Å². The van der Waals surface area contributed by atoms with Gasteiger partial charge in [0.15, 0.2) is 0 Å². The van der Waals surface area contributed by atoms with Crippen LogP contribution in [0.2, 0.25) is 0 Å². The van der Waals surface area contributed by atoms with Crippen LogP contribution < -0.4 is 4.31 Å². The van der Waals surface area contributed by atoms with Crippen LogP contribution in [0.4, 0.5) is 5.69 Å². The molecule has 28 heavy (non-hydrogen) atoms. The van der Waals surface area contributed by atoms with E-state index in [4.69, 9.17) is 0 Å². The summed E-state index contributed by atoms with van der Waals surface area (Å²) in [6, 6.07) is 11.9. The first kappa shape index (κ1) is 19.2. The summed E-state index contributed by atoms with van der Waals surface area (Å²) < 4.78 is 28.6. The Labute approximate surface area is 175 Å². The predicted octanol–water partition coefficient (Wildman–Crippen LogP) is 4.94. The number of thiophene rings is 1. The van der Waals surface area contributed by atoms with Crippen LogP contribution in [-0.2, 0) is 16.4 Å². The number of carboxylic acids is 1. The third kappa shape index (κ3) is 3.15. The monoisotopic (exact) mass is 477 g/mol. The molecule has 0 bridgehead atoms. The van der Waals surface area contributed by atoms with Crippen LogP contribution >= 0.6 is 27.3 Å². The number of aromatic carboxylic acids is 1. The largest absolute Gasteiger partial charge is 0.478 e. The van der Waals surface area contributed by atoms with Crippen molar-refractivity contribution >= 4 is 48.9 Å². The zero-order valence-electron chi connectivity index (χ0n) is 14.8. The second kappa shape index (κ2) is 7.02. The average molecular weight is 478 g/mol. The smallest absolute Gasteiger partial charge is 0.336 e. The molecule has 0 unspecified atom stereocenters. The highest BCUT2D eigenvalue weighted by Gasteiger charge is 2.31. The summed E-state index contributed by atoms with van der Waals surface area (Å²) in [6.45, 7) is 2.19. The molecule has 1 aliphatic heterocycles. The maximum absolute atomic E-state index is 13.4. The minimum atomic E-state index is -3.79. The summed E-state index contributed by atoms with van der Waals surface area (Å²) in [5.41, 5.74) is 3.21. The highest BCUT2D eigenvalue weighted by atomic mass is 79.9. The highest BCUT2D eigenvalue weighted by Crippen LogP contribution is 2.44. The van der Waals surface area contributed by atoms with Crippen LogP contribution in [0.15, 0.2) is 57.2 Å². The van der Waals surface area contributed by atoms with Crippen molar-refractivity contribution in [3.05, 3.63) is 69.0 Å². The molecule has 0 spiro atoms. The first-order valence-electron chi connectivity index (χ1n) is 8.52. The third-order valence-corrected chi connectivity index (χ3v) is 8.24. The van der Waals surface area contributed by atoms with Crippen molar-refractivity contribution in [1.29, 1.82) is 0 Å². The van der Waals surface area contributed by atoms with E-state index in [0.717, 1.165) is 16.0 Å². The van der Waals surface area contributed by atoms with E-state index in [1.54, 1.807) is 36.4 Å². The standard InChI is InChI=1S/C20H16BrNO4S2/c1-12-2-4-14(5-3-12)28(25,26)22-8-6-13-7-9-27-19(13)16-10-15(20(23)24)17(21)11-18(16)22/h2-5,7,9-11H,6,8H2,1H3,(H,23,24). The molecule has 5 nitrogen and oxygen atoms in total. The maximum atomic E-state index is 13.4. The first-order valence-corrected chi connectivity index (χ1v) is 11.6. The van der Waals surface area contributed by atoms with Gasteiger partial charge < -0.3 is 5.11 Å². The minimum absolute atomic E-state index is 0.104. The molecule has 8 heteroatoms. The van der Waals surface area contributed by atoms with Gasteiger partial charge in [-0.25, -0.2) is 13.2 Å². The van der Waals surface area contributed by atoms with Crippen LogP contribution in [0.25, 0.3) is 10.4 Å². The Kier molecular flexibility index (Phi) is 4.81. The average Bonchev–Trinajstić information content (AvgIpc) is 3.04. The Morgan fingerprint density at radius 3 is 2.57 bits per heavy atom. The molecule has 0 saturated heterocycles. The Morgan fingerprint density at radius 1 is 1.18 bits per heavy atom. The number of fused-ring (bicyclic) bond motifs is 3. The molecular weight excluding hydrogens is 462 g/mol. The summed E-state index contributed by atoms with van der Waals surface area (Å²) in [5, 5.41) is 11.5. The van der Waals surface area contributed by atoms with Crippen molar-refractivity contribution in [2.75, 3.05) is 10.8 Å². The van der Waals surface area contributed by atoms with Crippen LogP contribution in [0.3, 0.4) is 0 Å². The van der Waals surface area contributed by atoms with Gasteiger partial charge in [-0.15, -0.1) is 11.3 Å². The van der Waals surface area contributed by atoms with Crippen molar-refractivity contribution in [3.8, 4) is 10.4 Å². The summed E-state index contributed by atoms with van der Waals surface area (Å²) >= 11 is 4.78. The predicted molar refractivity (Wildman–Crippen MR) is 114 cm³/mol. The third-order valence-electron chi connectivity index (χ3n) is 4.77. The van der Waals surface area contributed by atoms with Gasteiger partial charge in [-0.2, -0.15) is 0 Å². The molecule has 1 N–H and O–H groups in total. The number of nitrogens with zero attached hydrogens (tertiary/aromatic N) is 1. The SMILES string of the molecule is Cc1ccc(S(=O)(=O)N2CCc3ccsc3-c3cc(C(=O)O)c(Br)cc32)cc1. The van der Waals surface area contributed by atoms with Gasteiger partial charge in [-0.3, -0.25) is 4.31 Å². The fraction of sp³-hybridized carbons (Fsp3) is 0.150. The highest BCUT2D eigenvalue weighted by molar-refractivity contribution is 9.10. The Bertz CT molecular complexity index is 1180. The van der Waals surface area contributed by atoms with Crippen LogP contribution in [0.1, 0.15) is 21.5 Å². The summed E-state index contributed by atoms with van der Waals surface area (Å²) in [5.74, 6) is -1.06. The Hall–Kier alpha value is -2.16. The van der Waals surface area contributed by atoms with Gasteiger partial charge in [0.1, 0.15) is 0 Å². The maximum Gasteiger partial charge on any atom is 0.336 e. The van der Waals surface area contributed by atoms with Crippen molar-refractivity contribution in [3.63, 3.8) is 0 Å². The van der Waals surface area contributed by atoms with Crippen molar-refractivity contribution < 1.29 is 18.3 Å². The van der Waals surface area contributed by atoms with Gasteiger partial charge in [0.2, 0.25) is 0 Å². The minimum Gasteiger partial charge on any atom is -0.478 e. The Morgan fingerprint density at radius 2 is 1.89 bits per heavy atom. The second-order valence-corrected chi connectivity index (χ2v) is 10.2. The molecule has 0 atom stereocenters. The lowest BCUT2D eigenvalue weighted by molar-refractivity contribution is 0.0696. The van der Waals surface area contributed by atoms with E-state index in [1.165, 1.54) is 15.6 Å². The number of aryl methyl sites for hydroxylation is 1. The fourth-order valence-corrected chi connectivity index (χ4v) is 6.27. The van der Waals surface area contributed by atoms with Gasteiger partial charge >= 0.3 is 5.97 Å². The molecule has 3 aromatic rings. The first-order chi connectivity index (χ1) is 13.3. The van der Waals surface area contributed by atoms with E-state index in [9.17, 15) is 18.3 Å². The van der Waals surface area contributed by atoms with Crippen molar-refractivity contribution in [2.45, 2.75) is 18.2 Å². The topological polar surface area (TPSA) is 74.7 Å². The number of rotatable bonds is 3. The molecule has 0 fully saturated rings. The fourth-order valence-electron chi connectivity index (χ4n) is 3.31. The molecule has 2 aromatic carbocycles. The number of hydrogen-bond acceptors (Lipinski definition) is 4. The van der Waals surface area contributed by atoms with E-state index in [1.807, 2.05) is 18.4 Å². The lowest BCUT2D eigenvalue weighted by Crippen LogP contribution is -2.32. The number of carboxylic acid groups (broad SMARTS) is 1. The molecule has 2 heterocycles. The van der Waals surface area contributed by atoms with Gasteiger partial charge in [-0.1, -0.05) is 17.7 Å². The lowest BCUT2D eigenvalue weighted by Gasteiger charge is -2.25. The van der Waals surface area contributed by atoms with Crippen molar-refractivity contribution in [2.24, 2.45) is 0 Å². The number of hydrogen-bond donors (Lipinski definition) is 1. The molecular formula is C20H16BrNO4S2. The number of benzene rings is 2. The van der Waals surface area contributed by atoms with E-state index in [-0.39, 0.29) is 17.0 Å². The van der Waals surface area contributed by atoms with E-state index in [2.05, 4.69) is 15.9 Å². The number of sulfonamides is 1. The van der Waals surface area contributed by atoms with Crippen LogP contribution in [0.5, 0.6) is 0 Å². The van der Waals surface area contributed by atoms with Gasteiger partial charge in [0, 0.05) is 21.5 Å². The van der Waals surface area contributed by atoms with Gasteiger partial charge in [-0.05, 0) is 70.5 Å². The molecule has 144 valence electrons. The number of anilines is 1. The molecule has 1 aliphatic rings. The Balaban J connectivity index is 1.95. The molecule has 0 aliphatic carbocycles.